The summed E-state index contributed by atoms with van der Waals surface area (Å²) in [5, 5.41) is 6.76. The zero-order valence-corrected chi connectivity index (χ0v) is 25.8. The van der Waals surface area contributed by atoms with Gasteiger partial charge >= 0.3 is 6.03 Å². The quantitative estimate of drug-likeness (QED) is 0.199. The Morgan fingerprint density at radius 2 is 1.57 bits per heavy atom. The van der Waals surface area contributed by atoms with Crippen molar-refractivity contribution in [3.05, 3.63) is 82.3 Å². The number of fused-ring (bicyclic) bond motifs is 1. The molecule has 0 radical (unpaired) electrons. The van der Waals surface area contributed by atoms with E-state index in [1.165, 1.54) is 4.57 Å². The molecule has 2 aromatic heterocycles. The first-order chi connectivity index (χ1) is 20.2. The Balaban J connectivity index is 1.76. The lowest BCUT2D eigenvalue weighted by Gasteiger charge is -2.21. The number of hydrogen-bond donors (Lipinski definition) is 2. The molecule has 0 saturated carbocycles. The van der Waals surface area contributed by atoms with Crippen LogP contribution in [0.2, 0.25) is 0 Å². The van der Waals surface area contributed by atoms with E-state index in [4.69, 9.17) is 4.74 Å². The zero-order chi connectivity index (χ0) is 30.4. The molecule has 0 unspecified atom stereocenters. The van der Waals surface area contributed by atoms with E-state index in [1.807, 2.05) is 54.6 Å². The summed E-state index contributed by atoms with van der Waals surface area (Å²) in [5.41, 5.74) is 4.60. The number of urea groups is 1. The standard InChI is InChI=1S/C34H43N5O3/c1-8-39(9-2)19-20-42-25-14-10-13-24(21-25)29-28-17-12-18-35-32(28)38(7)33(40)31(29)37-34(41)36-30-26(22(3)4)15-11-16-27(30)23(5)6/h10-18,21-23H,8-9,19-20H2,1-7H3,(H2,36,37,41). The van der Waals surface area contributed by atoms with Crippen molar-refractivity contribution in [2.24, 2.45) is 7.05 Å². The van der Waals surface area contributed by atoms with Gasteiger partial charge in [-0.2, -0.15) is 0 Å². The molecular weight excluding hydrogens is 526 g/mol. The number of carbonyl (C=O) groups is 1. The Hall–Kier alpha value is -4.17. The Morgan fingerprint density at radius 1 is 0.929 bits per heavy atom. The number of carbonyl (C=O) groups excluding carboxylic acids is 1. The molecule has 2 aromatic carbocycles. The smallest absolute Gasteiger partial charge is 0.323 e. The van der Waals surface area contributed by atoms with Crippen molar-refractivity contribution >= 4 is 28.4 Å². The van der Waals surface area contributed by atoms with E-state index in [2.05, 4.69) is 62.1 Å². The van der Waals surface area contributed by atoms with Gasteiger partial charge in [0, 0.05) is 36.4 Å². The number of nitrogens with one attached hydrogen (secondary N) is 2. The maximum Gasteiger partial charge on any atom is 0.323 e. The monoisotopic (exact) mass is 569 g/mol. The number of anilines is 2. The van der Waals surface area contributed by atoms with Crippen LogP contribution in [0.4, 0.5) is 16.2 Å². The summed E-state index contributed by atoms with van der Waals surface area (Å²) in [4.78, 5) is 34.2. The van der Waals surface area contributed by atoms with Gasteiger partial charge in [-0.05, 0) is 65.9 Å². The van der Waals surface area contributed by atoms with Crippen molar-refractivity contribution in [1.29, 1.82) is 0 Å². The van der Waals surface area contributed by atoms with Crippen molar-refractivity contribution in [3.63, 3.8) is 0 Å². The lowest BCUT2D eigenvalue weighted by Crippen LogP contribution is -2.29. The predicted octanol–water partition coefficient (Wildman–Crippen LogP) is 7.21. The molecule has 0 spiro atoms. The van der Waals surface area contributed by atoms with Crippen molar-refractivity contribution in [2.75, 3.05) is 36.9 Å². The van der Waals surface area contributed by atoms with E-state index < -0.39 is 6.03 Å². The van der Waals surface area contributed by atoms with E-state index in [1.54, 1.807) is 13.2 Å². The third-order valence-corrected chi connectivity index (χ3v) is 7.69. The van der Waals surface area contributed by atoms with Crippen LogP contribution < -0.4 is 20.9 Å². The van der Waals surface area contributed by atoms with Crippen molar-refractivity contribution in [1.82, 2.24) is 14.5 Å². The van der Waals surface area contributed by atoms with Crippen LogP contribution in [0, 0.1) is 0 Å². The van der Waals surface area contributed by atoms with Gasteiger partial charge in [0.05, 0.1) is 0 Å². The molecule has 2 N–H and O–H groups in total. The number of likely N-dealkylation sites (N-methyl/N-ethyl adjacent to an activating group) is 1. The summed E-state index contributed by atoms with van der Waals surface area (Å²) in [6.07, 6.45) is 1.66. The van der Waals surface area contributed by atoms with Crippen LogP contribution in [0.25, 0.3) is 22.2 Å². The minimum Gasteiger partial charge on any atom is -0.492 e. The lowest BCUT2D eigenvalue weighted by molar-refractivity contribution is 0.223. The van der Waals surface area contributed by atoms with Gasteiger partial charge in [0.1, 0.15) is 23.7 Å². The first kappa shape index (κ1) is 30.8. The Labute approximate surface area is 248 Å². The molecule has 0 saturated heterocycles. The molecule has 0 bridgehead atoms. The third kappa shape index (κ3) is 6.65. The van der Waals surface area contributed by atoms with Gasteiger partial charge in [0.15, 0.2) is 0 Å². The molecule has 4 rings (SSSR count). The fourth-order valence-corrected chi connectivity index (χ4v) is 5.31. The number of hydrogen-bond acceptors (Lipinski definition) is 5. The second kappa shape index (κ2) is 13.7. The molecule has 0 fully saturated rings. The molecule has 222 valence electrons. The van der Waals surface area contributed by atoms with Crippen LogP contribution in [-0.4, -0.2) is 46.7 Å². The molecule has 0 aliphatic rings. The first-order valence-electron chi connectivity index (χ1n) is 14.8. The van der Waals surface area contributed by atoms with Gasteiger partial charge in [-0.25, -0.2) is 9.78 Å². The SMILES string of the molecule is CCN(CC)CCOc1cccc(-c2c(NC(=O)Nc3c(C(C)C)cccc3C(C)C)c(=O)n(C)c3ncccc23)c1. The minimum atomic E-state index is -0.474. The van der Waals surface area contributed by atoms with Crippen LogP contribution in [0.15, 0.2) is 65.6 Å². The summed E-state index contributed by atoms with van der Waals surface area (Å²) in [6.45, 7) is 16.0. The van der Waals surface area contributed by atoms with Crippen molar-refractivity contribution in [3.8, 4) is 16.9 Å². The highest BCUT2D eigenvalue weighted by molar-refractivity contribution is 6.07. The first-order valence-corrected chi connectivity index (χ1v) is 14.8. The summed E-state index contributed by atoms with van der Waals surface area (Å²) in [5.74, 6) is 1.11. The largest absolute Gasteiger partial charge is 0.492 e. The number of aromatic nitrogens is 2. The molecule has 4 aromatic rings. The van der Waals surface area contributed by atoms with Gasteiger partial charge in [0.25, 0.3) is 5.56 Å². The molecule has 0 aliphatic heterocycles. The summed E-state index contributed by atoms with van der Waals surface area (Å²) < 4.78 is 7.57. The van der Waals surface area contributed by atoms with Gasteiger partial charge in [-0.15, -0.1) is 0 Å². The third-order valence-electron chi connectivity index (χ3n) is 7.69. The maximum absolute atomic E-state index is 13.8. The number of nitrogens with zero attached hydrogens (tertiary/aromatic N) is 3. The van der Waals surface area contributed by atoms with Gasteiger partial charge in [0.2, 0.25) is 0 Å². The Bertz CT molecular complexity index is 1580. The van der Waals surface area contributed by atoms with E-state index >= 15 is 0 Å². The average Bonchev–Trinajstić information content (AvgIpc) is 2.98. The van der Waals surface area contributed by atoms with E-state index in [-0.39, 0.29) is 23.1 Å². The molecule has 2 amide bonds. The number of aryl methyl sites for hydroxylation is 1. The molecule has 8 nitrogen and oxygen atoms in total. The number of ether oxygens (including phenoxy) is 1. The lowest BCUT2D eigenvalue weighted by atomic mass is 9.93. The second-order valence-electron chi connectivity index (χ2n) is 11.1. The highest BCUT2D eigenvalue weighted by Gasteiger charge is 2.22. The summed E-state index contributed by atoms with van der Waals surface area (Å²) in [6, 6.07) is 17.0. The van der Waals surface area contributed by atoms with E-state index in [0.717, 1.165) is 47.4 Å². The molecule has 8 heteroatoms. The number of amides is 2. The van der Waals surface area contributed by atoms with Gasteiger partial charge < -0.3 is 20.3 Å². The van der Waals surface area contributed by atoms with Crippen LogP contribution in [-0.2, 0) is 7.05 Å². The molecule has 2 heterocycles. The van der Waals surface area contributed by atoms with Crippen LogP contribution >= 0.6 is 0 Å². The average molecular weight is 570 g/mol. The zero-order valence-electron chi connectivity index (χ0n) is 25.8. The highest BCUT2D eigenvalue weighted by atomic mass is 16.5. The van der Waals surface area contributed by atoms with Crippen LogP contribution in [0.3, 0.4) is 0 Å². The number of para-hydroxylation sites is 1. The highest BCUT2D eigenvalue weighted by Crippen LogP contribution is 2.36. The fourth-order valence-electron chi connectivity index (χ4n) is 5.31. The van der Waals surface area contributed by atoms with Crippen LogP contribution in [0.1, 0.15) is 64.5 Å². The number of benzene rings is 2. The molecular formula is C34H43N5O3. The molecule has 0 atom stereocenters. The Morgan fingerprint density at radius 3 is 2.21 bits per heavy atom. The van der Waals surface area contributed by atoms with Crippen molar-refractivity contribution < 1.29 is 9.53 Å². The second-order valence-corrected chi connectivity index (χ2v) is 11.1. The van der Waals surface area contributed by atoms with Gasteiger partial charge in [-0.1, -0.05) is 71.9 Å². The fraction of sp³-hybridized carbons (Fsp3) is 0.382. The predicted molar refractivity (Wildman–Crippen MR) is 173 cm³/mol. The normalized spacial score (nSPS) is 11.5. The summed E-state index contributed by atoms with van der Waals surface area (Å²) >= 11 is 0. The van der Waals surface area contributed by atoms with Crippen LogP contribution in [0.5, 0.6) is 5.75 Å². The van der Waals surface area contributed by atoms with E-state index in [0.29, 0.717) is 23.6 Å². The molecule has 42 heavy (non-hydrogen) atoms. The summed E-state index contributed by atoms with van der Waals surface area (Å²) in [7, 11) is 1.67. The molecule has 0 aliphatic carbocycles. The maximum atomic E-state index is 13.8. The number of rotatable bonds is 11. The number of pyridine rings is 2. The van der Waals surface area contributed by atoms with Gasteiger partial charge in [-0.3, -0.25) is 9.36 Å². The van der Waals surface area contributed by atoms with Crippen molar-refractivity contribution in [2.45, 2.75) is 53.4 Å². The topological polar surface area (TPSA) is 88.5 Å². The van der Waals surface area contributed by atoms with E-state index in [9.17, 15) is 9.59 Å². The minimum absolute atomic E-state index is 0.184. The Kier molecular flexibility index (Phi) is 10.0.